The molecule has 1 N–H and O–H groups in total. The van der Waals surface area contributed by atoms with E-state index in [0.717, 1.165) is 11.1 Å². The average molecular weight is 376 g/mol. The van der Waals surface area contributed by atoms with Gasteiger partial charge in [-0.05, 0) is 35.6 Å². The SMILES string of the molecule is CC(C)[C@H](NS(=O)(=O)CCc1ccncc1)C(=O)OCc1ccccc1. The lowest BCUT2D eigenvalue weighted by molar-refractivity contribution is -0.148. The third-order valence-corrected chi connectivity index (χ3v) is 5.21. The standard InChI is InChI=1S/C19H24N2O4S/c1-15(2)18(19(22)25-14-17-6-4-3-5-7-17)21-26(23,24)13-10-16-8-11-20-12-9-16/h3-9,11-12,15,18,21H,10,13-14H2,1-2H3/t18-/m0/s1. The summed E-state index contributed by atoms with van der Waals surface area (Å²) in [7, 11) is -3.62. The van der Waals surface area contributed by atoms with E-state index in [1.54, 1.807) is 38.4 Å². The van der Waals surface area contributed by atoms with Gasteiger partial charge in [0.15, 0.2) is 0 Å². The van der Waals surface area contributed by atoms with E-state index in [1.807, 2.05) is 30.3 Å². The Bertz CT molecular complexity index is 793. The largest absolute Gasteiger partial charge is 0.460 e. The number of nitrogens with zero attached hydrogens (tertiary/aromatic N) is 1. The van der Waals surface area contributed by atoms with Gasteiger partial charge in [0, 0.05) is 12.4 Å². The number of pyridine rings is 1. The van der Waals surface area contributed by atoms with Crippen LogP contribution in [-0.4, -0.2) is 31.2 Å². The Morgan fingerprint density at radius 1 is 1.08 bits per heavy atom. The number of benzene rings is 1. The molecule has 0 amide bonds. The highest BCUT2D eigenvalue weighted by Crippen LogP contribution is 2.09. The molecule has 0 fully saturated rings. The molecule has 2 aromatic rings. The van der Waals surface area contributed by atoms with Crippen LogP contribution in [0.4, 0.5) is 0 Å². The van der Waals surface area contributed by atoms with Crippen LogP contribution in [0.25, 0.3) is 0 Å². The van der Waals surface area contributed by atoms with Crippen molar-refractivity contribution in [1.29, 1.82) is 0 Å². The van der Waals surface area contributed by atoms with Gasteiger partial charge in [0.2, 0.25) is 10.0 Å². The molecule has 0 aliphatic carbocycles. The highest BCUT2D eigenvalue weighted by molar-refractivity contribution is 7.89. The number of carbonyl (C=O) groups excluding carboxylic acids is 1. The fraction of sp³-hybridized carbons (Fsp3) is 0.368. The smallest absolute Gasteiger partial charge is 0.324 e. The topological polar surface area (TPSA) is 85.4 Å². The molecule has 0 unspecified atom stereocenters. The maximum absolute atomic E-state index is 12.4. The highest BCUT2D eigenvalue weighted by Gasteiger charge is 2.28. The maximum atomic E-state index is 12.4. The lowest BCUT2D eigenvalue weighted by Crippen LogP contribution is -2.46. The van der Waals surface area contributed by atoms with Gasteiger partial charge in [-0.15, -0.1) is 0 Å². The first-order valence-corrected chi connectivity index (χ1v) is 10.1. The number of carbonyl (C=O) groups is 1. The fourth-order valence-corrected chi connectivity index (χ4v) is 3.71. The van der Waals surface area contributed by atoms with E-state index >= 15 is 0 Å². The molecule has 2 rings (SSSR count). The zero-order valence-electron chi connectivity index (χ0n) is 15.0. The van der Waals surface area contributed by atoms with Crippen LogP contribution < -0.4 is 4.72 Å². The molecule has 0 aliphatic rings. The van der Waals surface area contributed by atoms with Crippen LogP contribution in [0.3, 0.4) is 0 Å². The summed E-state index contributed by atoms with van der Waals surface area (Å²) in [5, 5.41) is 0. The second-order valence-corrected chi connectivity index (χ2v) is 8.23. The van der Waals surface area contributed by atoms with Gasteiger partial charge in [-0.1, -0.05) is 44.2 Å². The minimum absolute atomic E-state index is 0.105. The Morgan fingerprint density at radius 3 is 2.35 bits per heavy atom. The van der Waals surface area contributed by atoms with Crippen molar-refractivity contribution in [2.24, 2.45) is 5.92 Å². The zero-order valence-corrected chi connectivity index (χ0v) is 15.8. The number of nitrogens with one attached hydrogen (secondary N) is 1. The monoisotopic (exact) mass is 376 g/mol. The summed E-state index contributed by atoms with van der Waals surface area (Å²) in [6.07, 6.45) is 3.59. The zero-order chi connectivity index (χ0) is 19.0. The number of ether oxygens (including phenoxy) is 1. The van der Waals surface area contributed by atoms with Crippen molar-refractivity contribution in [2.45, 2.75) is 32.9 Å². The van der Waals surface area contributed by atoms with Crippen LogP contribution >= 0.6 is 0 Å². The van der Waals surface area contributed by atoms with Crippen LogP contribution in [0.5, 0.6) is 0 Å². The molecule has 7 heteroatoms. The van der Waals surface area contributed by atoms with Crippen LogP contribution in [0.15, 0.2) is 54.9 Å². The lowest BCUT2D eigenvalue weighted by atomic mass is 10.1. The van der Waals surface area contributed by atoms with E-state index in [9.17, 15) is 13.2 Å². The number of sulfonamides is 1. The molecule has 1 aromatic carbocycles. The molecule has 0 bridgehead atoms. The van der Waals surface area contributed by atoms with Gasteiger partial charge >= 0.3 is 5.97 Å². The lowest BCUT2D eigenvalue weighted by Gasteiger charge is -2.21. The quantitative estimate of drug-likeness (QED) is 0.679. The van der Waals surface area contributed by atoms with Crippen molar-refractivity contribution in [3.63, 3.8) is 0 Å². The van der Waals surface area contributed by atoms with Crippen molar-refractivity contribution < 1.29 is 17.9 Å². The number of esters is 1. The van der Waals surface area contributed by atoms with Gasteiger partial charge in [-0.25, -0.2) is 13.1 Å². The summed E-state index contributed by atoms with van der Waals surface area (Å²) in [5.74, 6) is -0.906. The summed E-state index contributed by atoms with van der Waals surface area (Å²) in [6, 6.07) is 11.9. The van der Waals surface area contributed by atoms with E-state index in [1.165, 1.54) is 0 Å². The van der Waals surface area contributed by atoms with Crippen molar-refractivity contribution in [2.75, 3.05) is 5.75 Å². The first-order chi connectivity index (χ1) is 12.4. The number of aromatic nitrogens is 1. The minimum atomic E-state index is -3.62. The average Bonchev–Trinajstić information content (AvgIpc) is 2.64. The van der Waals surface area contributed by atoms with E-state index in [4.69, 9.17) is 4.74 Å². The summed E-state index contributed by atoms with van der Waals surface area (Å²) in [4.78, 5) is 16.3. The molecular formula is C19H24N2O4S. The maximum Gasteiger partial charge on any atom is 0.324 e. The third-order valence-electron chi connectivity index (χ3n) is 3.86. The molecule has 0 radical (unpaired) electrons. The summed E-state index contributed by atoms with van der Waals surface area (Å²) in [5.41, 5.74) is 1.72. The van der Waals surface area contributed by atoms with E-state index in [2.05, 4.69) is 9.71 Å². The Morgan fingerprint density at radius 2 is 1.73 bits per heavy atom. The Kier molecular flexibility index (Phi) is 7.29. The van der Waals surface area contributed by atoms with E-state index in [0.29, 0.717) is 6.42 Å². The van der Waals surface area contributed by atoms with Crippen molar-refractivity contribution in [3.05, 3.63) is 66.0 Å². The van der Waals surface area contributed by atoms with E-state index in [-0.39, 0.29) is 18.3 Å². The minimum Gasteiger partial charge on any atom is -0.460 e. The Balaban J connectivity index is 1.94. The predicted octanol–water partition coefficient (Wildman–Crippen LogP) is 2.31. The highest BCUT2D eigenvalue weighted by atomic mass is 32.2. The molecule has 140 valence electrons. The van der Waals surface area contributed by atoms with Gasteiger partial charge in [-0.3, -0.25) is 9.78 Å². The molecule has 0 spiro atoms. The van der Waals surface area contributed by atoms with E-state index < -0.39 is 22.0 Å². The van der Waals surface area contributed by atoms with Crippen LogP contribution in [-0.2, 0) is 32.6 Å². The second kappa shape index (κ2) is 9.45. The molecular weight excluding hydrogens is 352 g/mol. The van der Waals surface area contributed by atoms with Crippen LogP contribution in [0.1, 0.15) is 25.0 Å². The number of hydrogen-bond acceptors (Lipinski definition) is 5. The van der Waals surface area contributed by atoms with Crippen molar-refractivity contribution >= 4 is 16.0 Å². The van der Waals surface area contributed by atoms with Crippen molar-refractivity contribution in [3.8, 4) is 0 Å². The van der Waals surface area contributed by atoms with Crippen LogP contribution in [0, 0.1) is 5.92 Å². The molecule has 26 heavy (non-hydrogen) atoms. The molecule has 0 aliphatic heterocycles. The van der Waals surface area contributed by atoms with Crippen molar-refractivity contribution in [1.82, 2.24) is 9.71 Å². The number of hydrogen-bond donors (Lipinski definition) is 1. The first kappa shape index (κ1) is 20.1. The number of rotatable bonds is 9. The summed E-state index contributed by atoms with van der Waals surface area (Å²) in [6.45, 7) is 3.67. The third kappa shape index (κ3) is 6.57. The first-order valence-electron chi connectivity index (χ1n) is 8.47. The second-order valence-electron chi connectivity index (χ2n) is 6.36. The molecule has 0 saturated carbocycles. The Labute approximate surface area is 154 Å². The summed E-state index contributed by atoms with van der Waals surface area (Å²) >= 11 is 0. The normalized spacial score (nSPS) is 12.7. The molecule has 1 heterocycles. The van der Waals surface area contributed by atoms with Crippen LogP contribution in [0.2, 0.25) is 0 Å². The molecule has 1 aromatic heterocycles. The number of aryl methyl sites for hydroxylation is 1. The van der Waals surface area contributed by atoms with Gasteiger partial charge in [0.1, 0.15) is 12.6 Å². The fourth-order valence-electron chi connectivity index (χ4n) is 2.33. The van der Waals surface area contributed by atoms with Gasteiger partial charge in [0.25, 0.3) is 0 Å². The molecule has 6 nitrogen and oxygen atoms in total. The summed E-state index contributed by atoms with van der Waals surface area (Å²) < 4.78 is 32.5. The van der Waals surface area contributed by atoms with Gasteiger partial charge in [0.05, 0.1) is 5.75 Å². The molecule has 1 atom stereocenters. The van der Waals surface area contributed by atoms with Gasteiger partial charge in [-0.2, -0.15) is 0 Å². The predicted molar refractivity (Wildman–Crippen MR) is 99.7 cm³/mol. The van der Waals surface area contributed by atoms with Gasteiger partial charge < -0.3 is 4.74 Å². The molecule has 0 saturated heterocycles. The Hall–Kier alpha value is -2.25.